The number of hydroxylamine groups is 3. The van der Waals surface area contributed by atoms with Crippen LogP contribution < -0.4 is 0 Å². The van der Waals surface area contributed by atoms with E-state index in [0.29, 0.717) is 19.5 Å². The molecule has 0 heterocycles. The van der Waals surface area contributed by atoms with Crippen LogP contribution in [0.25, 0.3) is 0 Å². The zero-order valence-electron chi connectivity index (χ0n) is 7.04. The van der Waals surface area contributed by atoms with Gasteiger partial charge in [0.25, 0.3) is 0 Å². The van der Waals surface area contributed by atoms with Crippen LogP contribution in [-0.4, -0.2) is 41.2 Å². The largest absolute Gasteiger partial charge is 0.387 e. The average Bonchev–Trinajstić information content (AvgIpc) is 1.87. The maximum atomic E-state index is 9.40. The van der Waals surface area contributed by atoms with Gasteiger partial charge in [0, 0.05) is 0 Å². The SMILES string of the molecule is CCC(O)C[N+](C)(O)CC. The first-order valence-corrected chi connectivity index (χ1v) is 3.77. The molecule has 0 aliphatic rings. The molecular weight excluding hydrogens is 130 g/mol. The zero-order valence-corrected chi connectivity index (χ0v) is 7.04. The fourth-order valence-corrected chi connectivity index (χ4v) is 0.712. The van der Waals surface area contributed by atoms with Crippen LogP contribution in [0.4, 0.5) is 0 Å². The molecule has 3 heteroatoms. The lowest BCUT2D eigenvalue weighted by molar-refractivity contribution is -1.09. The van der Waals surface area contributed by atoms with Gasteiger partial charge in [-0.3, -0.25) is 0 Å². The van der Waals surface area contributed by atoms with Gasteiger partial charge in [0.1, 0.15) is 19.2 Å². The van der Waals surface area contributed by atoms with E-state index in [9.17, 15) is 5.21 Å². The standard InChI is InChI=1S/C7H18NO2/c1-4-7(9)6-8(3,10)5-2/h7,9-10H,4-6H2,1-3H3/q+1. The van der Waals surface area contributed by atoms with Crippen molar-refractivity contribution in [1.82, 2.24) is 0 Å². The predicted octanol–water partition coefficient (Wildman–Crippen LogP) is 0.613. The Bertz CT molecular complexity index is 93.6. The van der Waals surface area contributed by atoms with Crippen molar-refractivity contribution in [1.29, 1.82) is 0 Å². The average molecular weight is 148 g/mol. The molecule has 2 atom stereocenters. The third-order valence-electron chi connectivity index (χ3n) is 1.76. The highest BCUT2D eigenvalue weighted by Gasteiger charge is 2.19. The lowest BCUT2D eigenvalue weighted by atomic mass is 10.2. The Morgan fingerprint density at radius 1 is 1.40 bits per heavy atom. The first kappa shape index (κ1) is 9.88. The molecular formula is C7H18NO2+. The number of hydrogen-bond acceptors (Lipinski definition) is 2. The van der Waals surface area contributed by atoms with E-state index in [0.717, 1.165) is 0 Å². The van der Waals surface area contributed by atoms with Gasteiger partial charge in [-0.05, 0) is 13.3 Å². The van der Waals surface area contributed by atoms with Gasteiger partial charge in [-0.15, -0.1) is 0 Å². The molecule has 0 radical (unpaired) electrons. The minimum atomic E-state index is -0.380. The van der Waals surface area contributed by atoms with Gasteiger partial charge in [-0.2, -0.15) is 4.65 Å². The molecule has 0 saturated carbocycles. The van der Waals surface area contributed by atoms with Gasteiger partial charge >= 0.3 is 0 Å². The molecule has 3 nitrogen and oxygen atoms in total. The number of aliphatic hydroxyl groups excluding tert-OH is 1. The predicted molar refractivity (Wildman–Crippen MR) is 39.7 cm³/mol. The maximum absolute atomic E-state index is 9.40. The summed E-state index contributed by atoms with van der Waals surface area (Å²) in [5.41, 5.74) is 0. The highest BCUT2D eigenvalue weighted by Crippen LogP contribution is 2.00. The van der Waals surface area contributed by atoms with E-state index in [1.165, 1.54) is 0 Å². The van der Waals surface area contributed by atoms with Gasteiger partial charge in [-0.25, -0.2) is 5.21 Å². The summed E-state index contributed by atoms with van der Waals surface area (Å²) in [6.07, 6.45) is 0.323. The fraction of sp³-hybridized carbons (Fsp3) is 1.00. The van der Waals surface area contributed by atoms with Crippen LogP contribution in [0.5, 0.6) is 0 Å². The molecule has 0 aliphatic heterocycles. The highest BCUT2D eigenvalue weighted by molar-refractivity contribution is 4.46. The van der Waals surface area contributed by atoms with Crippen LogP contribution in [0, 0.1) is 0 Å². The molecule has 10 heavy (non-hydrogen) atoms. The van der Waals surface area contributed by atoms with E-state index in [-0.39, 0.29) is 10.8 Å². The first-order valence-electron chi connectivity index (χ1n) is 3.77. The Kier molecular flexibility index (Phi) is 3.86. The Balaban J connectivity index is 3.64. The number of nitrogens with zero attached hydrogens (tertiary/aromatic N) is 1. The summed E-state index contributed by atoms with van der Waals surface area (Å²) in [6.45, 7) is 4.85. The normalized spacial score (nSPS) is 20.1. The van der Waals surface area contributed by atoms with E-state index >= 15 is 0 Å². The quantitative estimate of drug-likeness (QED) is 0.453. The van der Waals surface area contributed by atoms with Gasteiger partial charge in [0.2, 0.25) is 0 Å². The Hall–Kier alpha value is -0.120. The van der Waals surface area contributed by atoms with Crippen molar-refractivity contribution < 1.29 is 15.0 Å². The molecule has 2 N–H and O–H groups in total. The molecule has 0 amide bonds. The second kappa shape index (κ2) is 3.91. The molecule has 0 aliphatic carbocycles. The van der Waals surface area contributed by atoms with Crippen LogP contribution in [-0.2, 0) is 0 Å². The monoisotopic (exact) mass is 148 g/mol. The molecule has 0 saturated heterocycles. The van der Waals surface area contributed by atoms with Gasteiger partial charge < -0.3 is 5.11 Å². The number of likely N-dealkylation sites (N-methyl/N-ethyl adjacent to an activating group) is 1. The summed E-state index contributed by atoms with van der Waals surface area (Å²) < 4.78 is -0.0883. The molecule has 62 valence electrons. The molecule has 0 aromatic heterocycles. The van der Waals surface area contributed by atoms with E-state index in [4.69, 9.17) is 5.11 Å². The second-order valence-corrected chi connectivity index (χ2v) is 2.90. The molecule has 0 spiro atoms. The van der Waals surface area contributed by atoms with Crippen LogP contribution >= 0.6 is 0 Å². The van der Waals surface area contributed by atoms with Crippen molar-refractivity contribution in [2.75, 3.05) is 20.1 Å². The van der Waals surface area contributed by atoms with Crippen LogP contribution in [0.1, 0.15) is 20.3 Å². The third-order valence-corrected chi connectivity index (χ3v) is 1.76. The number of rotatable bonds is 4. The van der Waals surface area contributed by atoms with Gasteiger partial charge in [-0.1, -0.05) is 6.92 Å². The van der Waals surface area contributed by atoms with Crippen molar-refractivity contribution in [2.45, 2.75) is 26.4 Å². The summed E-state index contributed by atoms with van der Waals surface area (Å²) in [5.74, 6) is 0. The van der Waals surface area contributed by atoms with E-state index < -0.39 is 0 Å². The van der Waals surface area contributed by atoms with Crippen molar-refractivity contribution >= 4 is 0 Å². The molecule has 0 rings (SSSR count). The zero-order chi connectivity index (χ0) is 8.20. The Morgan fingerprint density at radius 2 is 1.90 bits per heavy atom. The Labute approximate surface area is 62.4 Å². The number of hydrogen-bond donors (Lipinski definition) is 2. The molecule has 0 fully saturated rings. The first-order chi connectivity index (χ1) is 4.52. The minimum Gasteiger partial charge on any atom is -0.387 e. The lowest BCUT2D eigenvalue weighted by Crippen LogP contribution is -2.45. The Morgan fingerprint density at radius 3 is 2.20 bits per heavy atom. The third kappa shape index (κ3) is 3.82. The minimum absolute atomic E-state index is 0.0883. The summed E-state index contributed by atoms with van der Waals surface area (Å²) in [4.78, 5) is 0. The van der Waals surface area contributed by atoms with Crippen molar-refractivity contribution in [3.8, 4) is 0 Å². The summed E-state index contributed by atoms with van der Waals surface area (Å²) in [5, 5.41) is 18.6. The summed E-state index contributed by atoms with van der Waals surface area (Å²) in [6, 6.07) is 0. The topological polar surface area (TPSA) is 40.5 Å². The van der Waals surface area contributed by atoms with Crippen molar-refractivity contribution in [2.24, 2.45) is 0 Å². The van der Waals surface area contributed by atoms with Crippen molar-refractivity contribution in [3.05, 3.63) is 0 Å². The highest BCUT2D eigenvalue weighted by atomic mass is 16.5. The van der Waals surface area contributed by atoms with Crippen molar-refractivity contribution in [3.63, 3.8) is 0 Å². The van der Waals surface area contributed by atoms with Crippen LogP contribution in [0.15, 0.2) is 0 Å². The van der Waals surface area contributed by atoms with Gasteiger partial charge in [0.05, 0.1) is 7.05 Å². The van der Waals surface area contributed by atoms with E-state index in [2.05, 4.69) is 0 Å². The second-order valence-electron chi connectivity index (χ2n) is 2.90. The fourth-order valence-electron chi connectivity index (χ4n) is 0.712. The van der Waals surface area contributed by atoms with E-state index in [1.54, 1.807) is 7.05 Å². The summed E-state index contributed by atoms with van der Waals surface area (Å²) in [7, 11) is 1.69. The molecule has 2 unspecified atom stereocenters. The molecule has 0 aromatic carbocycles. The lowest BCUT2D eigenvalue weighted by Gasteiger charge is -2.25. The van der Waals surface area contributed by atoms with Crippen LogP contribution in [0.2, 0.25) is 0 Å². The number of quaternary nitrogens is 1. The van der Waals surface area contributed by atoms with Crippen LogP contribution in [0.3, 0.4) is 0 Å². The summed E-state index contributed by atoms with van der Waals surface area (Å²) >= 11 is 0. The number of aliphatic hydroxyl groups is 1. The molecule has 0 bridgehead atoms. The molecule has 0 aromatic rings. The van der Waals surface area contributed by atoms with Gasteiger partial charge in [0.15, 0.2) is 0 Å². The van der Waals surface area contributed by atoms with E-state index in [1.807, 2.05) is 13.8 Å². The smallest absolute Gasteiger partial charge is 0.134 e. The maximum Gasteiger partial charge on any atom is 0.134 e.